The highest BCUT2D eigenvalue weighted by atomic mass is 16.3. The van der Waals surface area contributed by atoms with Gasteiger partial charge in [0.2, 0.25) is 5.91 Å². The Morgan fingerprint density at radius 2 is 2.12 bits per heavy atom. The first-order valence-electron chi connectivity index (χ1n) is 8.79. The average Bonchev–Trinajstić information content (AvgIpc) is 3.25. The standard InChI is InChI=1S/C20H22N4O2/c1-13-3-8-18(26-13)20-19-17(21-12-22-19)9-10-24(20)11-15-4-6-16(7-5-15)23-14(2)25/h3-8,12,20H,9-11H2,1-2H3,(H,21,22)(H,23,25). The first-order chi connectivity index (χ1) is 12.6. The lowest BCUT2D eigenvalue weighted by molar-refractivity contribution is -0.114. The lowest BCUT2D eigenvalue weighted by Crippen LogP contribution is -2.35. The fourth-order valence-electron chi connectivity index (χ4n) is 3.54. The number of nitrogens with zero attached hydrogens (tertiary/aromatic N) is 2. The maximum Gasteiger partial charge on any atom is 0.221 e. The van der Waals surface area contributed by atoms with E-state index in [0.29, 0.717) is 0 Å². The first-order valence-corrected chi connectivity index (χ1v) is 8.79. The minimum absolute atomic E-state index is 0.00808. The van der Waals surface area contributed by atoms with Crippen molar-refractivity contribution in [2.75, 3.05) is 11.9 Å². The second-order valence-corrected chi connectivity index (χ2v) is 6.72. The van der Waals surface area contributed by atoms with Gasteiger partial charge in [-0.1, -0.05) is 12.1 Å². The lowest BCUT2D eigenvalue weighted by atomic mass is 9.99. The molecule has 2 aromatic heterocycles. The molecule has 1 amide bonds. The predicted molar refractivity (Wildman–Crippen MR) is 98.7 cm³/mol. The molecule has 6 nitrogen and oxygen atoms in total. The number of aryl methyl sites for hydroxylation is 1. The number of hydrogen-bond donors (Lipinski definition) is 2. The molecular formula is C20H22N4O2. The summed E-state index contributed by atoms with van der Waals surface area (Å²) in [6, 6.07) is 12.0. The fraction of sp³-hybridized carbons (Fsp3) is 0.300. The van der Waals surface area contributed by atoms with Crippen LogP contribution < -0.4 is 5.32 Å². The molecule has 0 saturated heterocycles. The number of amides is 1. The van der Waals surface area contributed by atoms with Gasteiger partial charge in [0.25, 0.3) is 0 Å². The van der Waals surface area contributed by atoms with E-state index in [1.165, 1.54) is 18.2 Å². The Morgan fingerprint density at radius 1 is 1.31 bits per heavy atom. The van der Waals surface area contributed by atoms with E-state index >= 15 is 0 Å². The summed E-state index contributed by atoms with van der Waals surface area (Å²) >= 11 is 0. The SMILES string of the molecule is CC(=O)Nc1ccc(CN2CCc3[nH]cnc3C2c2ccc(C)o2)cc1. The van der Waals surface area contributed by atoms with Gasteiger partial charge in [-0.3, -0.25) is 9.69 Å². The van der Waals surface area contributed by atoms with Crippen LogP contribution in [0.25, 0.3) is 0 Å². The summed E-state index contributed by atoms with van der Waals surface area (Å²) in [5, 5.41) is 2.80. The highest BCUT2D eigenvalue weighted by molar-refractivity contribution is 5.88. The van der Waals surface area contributed by atoms with E-state index < -0.39 is 0 Å². The third kappa shape index (κ3) is 3.28. The van der Waals surface area contributed by atoms with Crippen LogP contribution >= 0.6 is 0 Å². The summed E-state index contributed by atoms with van der Waals surface area (Å²) in [5.41, 5.74) is 4.22. The third-order valence-electron chi connectivity index (χ3n) is 4.72. The number of nitrogens with one attached hydrogen (secondary N) is 2. The Hall–Kier alpha value is -2.86. The van der Waals surface area contributed by atoms with Gasteiger partial charge in [-0.15, -0.1) is 0 Å². The predicted octanol–water partition coefficient (Wildman–Crippen LogP) is 3.42. The Kier molecular flexibility index (Phi) is 4.34. The van der Waals surface area contributed by atoms with E-state index in [1.54, 1.807) is 6.33 Å². The third-order valence-corrected chi connectivity index (χ3v) is 4.72. The number of rotatable bonds is 4. The highest BCUT2D eigenvalue weighted by Crippen LogP contribution is 2.35. The number of anilines is 1. The molecule has 2 N–H and O–H groups in total. The quantitative estimate of drug-likeness (QED) is 0.756. The molecule has 134 valence electrons. The minimum Gasteiger partial charge on any atom is -0.464 e. The smallest absolute Gasteiger partial charge is 0.221 e. The molecule has 26 heavy (non-hydrogen) atoms. The molecule has 0 aliphatic carbocycles. The fourth-order valence-corrected chi connectivity index (χ4v) is 3.54. The summed E-state index contributed by atoms with van der Waals surface area (Å²) in [7, 11) is 0. The van der Waals surface area contributed by atoms with Crippen molar-refractivity contribution in [3.8, 4) is 0 Å². The lowest BCUT2D eigenvalue weighted by Gasteiger charge is -2.33. The normalized spacial score (nSPS) is 17.1. The van der Waals surface area contributed by atoms with Crippen molar-refractivity contribution in [3.63, 3.8) is 0 Å². The number of furan rings is 1. The van der Waals surface area contributed by atoms with Crippen molar-refractivity contribution in [1.29, 1.82) is 0 Å². The summed E-state index contributed by atoms with van der Waals surface area (Å²) in [4.78, 5) is 21.4. The number of fused-ring (bicyclic) bond motifs is 1. The molecule has 0 spiro atoms. The van der Waals surface area contributed by atoms with Crippen LogP contribution in [0.4, 0.5) is 5.69 Å². The van der Waals surface area contributed by atoms with E-state index in [1.807, 2.05) is 31.2 Å². The molecule has 1 aromatic carbocycles. The van der Waals surface area contributed by atoms with Crippen molar-refractivity contribution in [1.82, 2.24) is 14.9 Å². The molecule has 0 bridgehead atoms. The number of aromatic nitrogens is 2. The van der Waals surface area contributed by atoms with Crippen molar-refractivity contribution in [3.05, 3.63) is 71.2 Å². The molecule has 3 heterocycles. The number of hydrogen-bond acceptors (Lipinski definition) is 4. The van der Waals surface area contributed by atoms with Crippen LogP contribution in [-0.2, 0) is 17.8 Å². The zero-order valence-corrected chi connectivity index (χ0v) is 15.0. The monoisotopic (exact) mass is 350 g/mol. The molecule has 1 aliphatic heterocycles. The van der Waals surface area contributed by atoms with Gasteiger partial charge in [-0.2, -0.15) is 0 Å². The number of H-pyrrole nitrogens is 1. The highest BCUT2D eigenvalue weighted by Gasteiger charge is 2.33. The summed E-state index contributed by atoms with van der Waals surface area (Å²) in [6.07, 6.45) is 2.70. The van der Waals surface area contributed by atoms with Gasteiger partial charge in [0, 0.05) is 37.8 Å². The summed E-state index contributed by atoms with van der Waals surface area (Å²) in [5.74, 6) is 1.76. The molecule has 0 radical (unpaired) electrons. The minimum atomic E-state index is -0.0619. The van der Waals surface area contributed by atoms with E-state index in [2.05, 4.69) is 32.3 Å². The van der Waals surface area contributed by atoms with Crippen LogP contribution in [0.2, 0.25) is 0 Å². The van der Waals surface area contributed by atoms with Crippen LogP contribution in [0.1, 0.15) is 41.4 Å². The van der Waals surface area contributed by atoms with Gasteiger partial charge in [-0.25, -0.2) is 4.98 Å². The van der Waals surface area contributed by atoms with Crippen LogP contribution in [0.3, 0.4) is 0 Å². The molecule has 1 unspecified atom stereocenters. The topological polar surface area (TPSA) is 74.2 Å². The van der Waals surface area contributed by atoms with Crippen LogP contribution in [0.5, 0.6) is 0 Å². The van der Waals surface area contributed by atoms with E-state index in [-0.39, 0.29) is 11.9 Å². The van der Waals surface area contributed by atoms with Gasteiger partial charge >= 0.3 is 0 Å². The maximum absolute atomic E-state index is 11.2. The van der Waals surface area contributed by atoms with Gasteiger partial charge in [-0.05, 0) is 36.8 Å². The van der Waals surface area contributed by atoms with Crippen LogP contribution in [-0.4, -0.2) is 27.3 Å². The molecule has 1 aliphatic rings. The average molecular weight is 350 g/mol. The molecule has 0 saturated carbocycles. The molecule has 4 rings (SSSR count). The molecule has 3 aromatic rings. The number of imidazole rings is 1. The van der Waals surface area contributed by atoms with Crippen molar-refractivity contribution in [2.24, 2.45) is 0 Å². The molecular weight excluding hydrogens is 328 g/mol. The van der Waals surface area contributed by atoms with Gasteiger partial charge in [0.15, 0.2) is 0 Å². The Bertz CT molecular complexity index is 910. The van der Waals surface area contributed by atoms with Crippen LogP contribution in [0.15, 0.2) is 47.1 Å². The summed E-state index contributed by atoms with van der Waals surface area (Å²) in [6.45, 7) is 5.19. The van der Waals surface area contributed by atoms with E-state index in [4.69, 9.17) is 4.42 Å². The van der Waals surface area contributed by atoms with Crippen molar-refractivity contribution < 1.29 is 9.21 Å². The van der Waals surface area contributed by atoms with Gasteiger partial charge in [0.1, 0.15) is 17.6 Å². The first kappa shape index (κ1) is 16.6. The van der Waals surface area contributed by atoms with Gasteiger partial charge in [0.05, 0.1) is 12.0 Å². The zero-order valence-electron chi connectivity index (χ0n) is 15.0. The largest absolute Gasteiger partial charge is 0.464 e. The van der Waals surface area contributed by atoms with Crippen molar-refractivity contribution >= 4 is 11.6 Å². The number of aromatic amines is 1. The molecule has 6 heteroatoms. The van der Waals surface area contributed by atoms with Crippen molar-refractivity contribution in [2.45, 2.75) is 32.9 Å². The number of benzene rings is 1. The zero-order chi connectivity index (χ0) is 18.1. The van der Waals surface area contributed by atoms with Crippen LogP contribution in [0, 0.1) is 6.92 Å². The van der Waals surface area contributed by atoms with Gasteiger partial charge < -0.3 is 14.7 Å². The second-order valence-electron chi connectivity index (χ2n) is 6.72. The van der Waals surface area contributed by atoms with E-state index in [0.717, 1.165) is 42.4 Å². The second kappa shape index (κ2) is 6.80. The molecule has 1 atom stereocenters. The number of carbonyl (C=O) groups is 1. The Labute approximate surface area is 152 Å². The maximum atomic E-state index is 11.2. The Morgan fingerprint density at radius 3 is 2.81 bits per heavy atom. The number of carbonyl (C=O) groups excluding carboxylic acids is 1. The molecule has 0 fully saturated rings. The summed E-state index contributed by atoms with van der Waals surface area (Å²) < 4.78 is 5.94. The Balaban J connectivity index is 1.59. The van der Waals surface area contributed by atoms with E-state index in [9.17, 15) is 4.79 Å².